The van der Waals surface area contributed by atoms with Gasteiger partial charge >= 0.3 is 0 Å². The summed E-state index contributed by atoms with van der Waals surface area (Å²) in [5, 5.41) is 0. The summed E-state index contributed by atoms with van der Waals surface area (Å²) in [4.78, 5) is 29.5. The Labute approximate surface area is 151 Å². The Kier molecular flexibility index (Phi) is 4.29. The molecule has 0 spiro atoms. The van der Waals surface area contributed by atoms with E-state index in [0.29, 0.717) is 11.3 Å². The lowest BCUT2D eigenvalue weighted by Gasteiger charge is -2.20. The first-order valence-electron chi connectivity index (χ1n) is 8.80. The Bertz CT molecular complexity index is 869. The van der Waals surface area contributed by atoms with Crippen molar-refractivity contribution in [3.05, 3.63) is 77.2 Å². The molecule has 1 saturated heterocycles. The number of halogens is 1. The van der Waals surface area contributed by atoms with Gasteiger partial charge in [-0.15, -0.1) is 0 Å². The van der Waals surface area contributed by atoms with E-state index in [1.54, 1.807) is 12.1 Å². The van der Waals surface area contributed by atoms with Crippen molar-refractivity contribution < 1.29 is 14.0 Å². The van der Waals surface area contributed by atoms with E-state index in [1.807, 2.05) is 35.2 Å². The van der Waals surface area contributed by atoms with E-state index < -0.39 is 0 Å². The van der Waals surface area contributed by atoms with E-state index >= 15 is 0 Å². The number of likely N-dealkylation sites (tertiary alicyclic amines) is 1. The predicted molar refractivity (Wildman–Crippen MR) is 96.1 cm³/mol. The van der Waals surface area contributed by atoms with Gasteiger partial charge in [-0.1, -0.05) is 42.5 Å². The standard InChI is InChI=1S/C21H19FN2O2/c22-17-10-8-15(9-11-17)14-24-20(25)18(16-6-2-1-3-7-16)19(21(24)26)23-12-4-5-13-23/h1-3,6-11H,4-5,12-14H2. The first-order valence-corrected chi connectivity index (χ1v) is 8.80. The summed E-state index contributed by atoms with van der Waals surface area (Å²) < 4.78 is 13.1. The van der Waals surface area contributed by atoms with Crippen molar-refractivity contribution >= 4 is 17.4 Å². The van der Waals surface area contributed by atoms with Gasteiger partial charge in [-0.2, -0.15) is 0 Å². The van der Waals surface area contributed by atoms with E-state index in [-0.39, 0.29) is 24.2 Å². The zero-order chi connectivity index (χ0) is 18.1. The van der Waals surface area contributed by atoms with Crippen molar-refractivity contribution in [2.24, 2.45) is 0 Å². The number of carbonyl (C=O) groups is 2. The number of amides is 2. The van der Waals surface area contributed by atoms with Crippen LogP contribution in [0.5, 0.6) is 0 Å². The highest BCUT2D eigenvalue weighted by atomic mass is 19.1. The monoisotopic (exact) mass is 350 g/mol. The van der Waals surface area contributed by atoms with Crippen LogP contribution in [0.3, 0.4) is 0 Å². The van der Waals surface area contributed by atoms with E-state index in [9.17, 15) is 14.0 Å². The van der Waals surface area contributed by atoms with E-state index in [2.05, 4.69) is 0 Å². The Morgan fingerprint density at radius 2 is 1.50 bits per heavy atom. The molecule has 0 N–H and O–H groups in total. The van der Waals surface area contributed by atoms with Gasteiger partial charge in [0.05, 0.1) is 12.1 Å². The first-order chi connectivity index (χ1) is 12.6. The average molecular weight is 350 g/mol. The molecular formula is C21H19FN2O2. The van der Waals surface area contributed by atoms with E-state index in [1.165, 1.54) is 17.0 Å². The van der Waals surface area contributed by atoms with Crippen molar-refractivity contribution in [3.63, 3.8) is 0 Å². The van der Waals surface area contributed by atoms with Crippen LogP contribution >= 0.6 is 0 Å². The van der Waals surface area contributed by atoms with Gasteiger partial charge in [0.25, 0.3) is 11.8 Å². The minimum absolute atomic E-state index is 0.144. The van der Waals surface area contributed by atoms with Crippen molar-refractivity contribution in [1.82, 2.24) is 9.80 Å². The molecule has 1 fully saturated rings. The molecule has 132 valence electrons. The van der Waals surface area contributed by atoms with Crippen LogP contribution in [0.2, 0.25) is 0 Å². The number of hydrogen-bond acceptors (Lipinski definition) is 3. The lowest BCUT2D eigenvalue weighted by atomic mass is 10.0. The van der Waals surface area contributed by atoms with E-state index in [4.69, 9.17) is 0 Å². The quantitative estimate of drug-likeness (QED) is 0.795. The fraction of sp³-hybridized carbons (Fsp3) is 0.238. The highest BCUT2D eigenvalue weighted by Crippen LogP contribution is 2.34. The van der Waals surface area contributed by atoms with Crippen LogP contribution in [-0.4, -0.2) is 34.7 Å². The summed E-state index contributed by atoms with van der Waals surface area (Å²) in [6.07, 6.45) is 2.04. The molecule has 0 atom stereocenters. The number of benzene rings is 2. The smallest absolute Gasteiger partial charge is 0.278 e. The molecule has 0 aliphatic carbocycles. The average Bonchev–Trinajstić information content (AvgIpc) is 3.26. The number of hydrogen-bond donors (Lipinski definition) is 0. The molecule has 0 bridgehead atoms. The summed E-state index contributed by atoms with van der Waals surface area (Å²) in [6.45, 7) is 1.72. The third-order valence-corrected chi connectivity index (χ3v) is 4.88. The SMILES string of the molecule is O=C1C(c2ccccc2)=C(N2CCCC2)C(=O)N1Cc1ccc(F)cc1. The third-order valence-electron chi connectivity index (χ3n) is 4.88. The summed E-state index contributed by atoms with van der Waals surface area (Å²) in [7, 11) is 0. The minimum Gasteiger partial charge on any atom is -0.366 e. The molecular weight excluding hydrogens is 331 g/mol. The highest BCUT2D eigenvalue weighted by molar-refractivity contribution is 6.35. The predicted octanol–water partition coefficient (Wildman–Crippen LogP) is 3.20. The van der Waals surface area contributed by atoms with Gasteiger partial charge in [-0.3, -0.25) is 14.5 Å². The van der Waals surface area contributed by atoms with E-state index in [0.717, 1.165) is 37.1 Å². The Morgan fingerprint density at radius 3 is 2.15 bits per heavy atom. The molecule has 0 aromatic heterocycles. The van der Waals surface area contributed by atoms with Crippen LogP contribution in [0.1, 0.15) is 24.0 Å². The van der Waals surface area contributed by atoms with Gasteiger partial charge in [-0.05, 0) is 36.1 Å². The number of imide groups is 1. The topological polar surface area (TPSA) is 40.6 Å². The normalized spacial score (nSPS) is 17.6. The largest absolute Gasteiger partial charge is 0.366 e. The van der Waals surface area contributed by atoms with Gasteiger partial charge in [0.15, 0.2) is 0 Å². The van der Waals surface area contributed by atoms with Gasteiger partial charge in [0.1, 0.15) is 11.5 Å². The van der Waals surface area contributed by atoms with Crippen LogP contribution in [0.25, 0.3) is 5.57 Å². The molecule has 2 aromatic carbocycles. The van der Waals surface area contributed by atoms with Crippen LogP contribution in [0, 0.1) is 5.82 Å². The summed E-state index contributed by atoms with van der Waals surface area (Å²) >= 11 is 0. The molecule has 2 aliphatic rings. The second-order valence-electron chi connectivity index (χ2n) is 6.61. The molecule has 2 heterocycles. The fourth-order valence-corrected chi connectivity index (χ4v) is 3.58. The molecule has 0 saturated carbocycles. The zero-order valence-corrected chi connectivity index (χ0v) is 14.3. The Balaban J connectivity index is 1.71. The Hall–Kier alpha value is -2.95. The number of rotatable bonds is 4. The van der Waals surface area contributed by atoms with Crippen molar-refractivity contribution in [2.45, 2.75) is 19.4 Å². The molecule has 4 rings (SSSR count). The van der Waals surface area contributed by atoms with Gasteiger partial charge < -0.3 is 4.90 Å². The van der Waals surface area contributed by atoms with Crippen LogP contribution < -0.4 is 0 Å². The Morgan fingerprint density at radius 1 is 0.846 bits per heavy atom. The lowest BCUT2D eigenvalue weighted by molar-refractivity contribution is -0.138. The summed E-state index contributed by atoms with van der Waals surface area (Å²) in [5.74, 6) is -0.888. The fourth-order valence-electron chi connectivity index (χ4n) is 3.58. The second kappa shape index (κ2) is 6.75. The molecule has 5 heteroatoms. The van der Waals surface area contributed by atoms with Crippen molar-refractivity contribution in [2.75, 3.05) is 13.1 Å². The van der Waals surface area contributed by atoms with Crippen LogP contribution in [-0.2, 0) is 16.1 Å². The lowest BCUT2D eigenvalue weighted by Crippen LogP contribution is -2.34. The second-order valence-corrected chi connectivity index (χ2v) is 6.61. The minimum atomic E-state index is -0.339. The number of carbonyl (C=O) groups excluding carboxylic acids is 2. The molecule has 2 aliphatic heterocycles. The third kappa shape index (κ3) is 2.90. The zero-order valence-electron chi connectivity index (χ0n) is 14.3. The van der Waals surface area contributed by atoms with Crippen LogP contribution in [0.15, 0.2) is 60.3 Å². The maximum Gasteiger partial charge on any atom is 0.278 e. The molecule has 2 amide bonds. The molecule has 2 aromatic rings. The van der Waals surface area contributed by atoms with Crippen molar-refractivity contribution in [3.8, 4) is 0 Å². The maximum atomic E-state index is 13.1. The molecule has 0 unspecified atom stereocenters. The van der Waals surface area contributed by atoms with Crippen molar-refractivity contribution in [1.29, 1.82) is 0 Å². The molecule has 0 radical (unpaired) electrons. The molecule has 26 heavy (non-hydrogen) atoms. The van der Waals surface area contributed by atoms with Gasteiger partial charge in [0, 0.05) is 13.1 Å². The first kappa shape index (κ1) is 16.5. The summed E-state index contributed by atoms with van der Waals surface area (Å²) in [5.41, 5.74) is 2.46. The maximum absolute atomic E-state index is 13.1. The highest BCUT2D eigenvalue weighted by Gasteiger charge is 2.41. The summed E-state index contributed by atoms with van der Waals surface area (Å²) in [6, 6.07) is 15.2. The molecule has 4 nitrogen and oxygen atoms in total. The van der Waals surface area contributed by atoms with Gasteiger partial charge in [-0.25, -0.2) is 4.39 Å². The number of nitrogens with zero attached hydrogens (tertiary/aromatic N) is 2. The van der Waals surface area contributed by atoms with Crippen LogP contribution in [0.4, 0.5) is 4.39 Å². The van der Waals surface area contributed by atoms with Gasteiger partial charge in [0.2, 0.25) is 0 Å².